The lowest BCUT2D eigenvalue weighted by Gasteiger charge is -2.15. The molecule has 0 rings (SSSR count). The summed E-state index contributed by atoms with van der Waals surface area (Å²) >= 11 is 4.40. The zero-order valence-electron chi connectivity index (χ0n) is 10.6. The Morgan fingerprint density at radius 2 is 2.06 bits per heavy atom. The van der Waals surface area contributed by atoms with Gasteiger partial charge in [0.15, 0.2) is 0 Å². The van der Waals surface area contributed by atoms with E-state index in [-0.39, 0.29) is 11.2 Å². The molecule has 0 aromatic heterocycles. The average molecular weight is 244 g/mol. The number of carbonyl (C=O) groups excluding carboxylic acids is 1. The molecule has 16 heavy (non-hydrogen) atoms. The number of carbonyl (C=O) groups is 1. The van der Waals surface area contributed by atoms with Crippen LogP contribution in [0.1, 0.15) is 46.5 Å². The van der Waals surface area contributed by atoms with Gasteiger partial charge < -0.3 is 4.74 Å². The summed E-state index contributed by atoms with van der Waals surface area (Å²) in [4.78, 5) is 11.4. The predicted octanol–water partition coefficient (Wildman–Crippen LogP) is 3.62. The van der Waals surface area contributed by atoms with Crippen molar-refractivity contribution in [2.75, 3.05) is 6.61 Å². The van der Waals surface area contributed by atoms with Crippen molar-refractivity contribution < 1.29 is 9.53 Å². The molecular weight excluding hydrogens is 220 g/mol. The number of hydrogen-bond donors (Lipinski definition) is 1. The standard InChI is InChI=1S/C13H24O2S/c1-4-6-7-8-9-15-13(14)10-12(16)11(3)5-2/h7-8,11-12,16H,4-6,9-10H2,1-3H3/b8-7+. The fraction of sp³-hybridized carbons (Fsp3) is 0.769. The maximum absolute atomic E-state index is 11.4. The van der Waals surface area contributed by atoms with Gasteiger partial charge in [-0.15, -0.1) is 0 Å². The normalized spacial score (nSPS) is 15.0. The van der Waals surface area contributed by atoms with Crippen molar-refractivity contribution in [3.8, 4) is 0 Å². The van der Waals surface area contributed by atoms with Gasteiger partial charge in [0.1, 0.15) is 6.61 Å². The van der Waals surface area contributed by atoms with Crippen LogP contribution in [0.5, 0.6) is 0 Å². The van der Waals surface area contributed by atoms with Crippen LogP contribution in [-0.4, -0.2) is 17.8 Å². The summed E-state index contributed by atoms with van der Waals surface area (Å²) in [5.41, 5.74) is 0. The Hall–Kier alpha value is -0.440. The molecule has 0 spiro atoms. The molecule has 0 heterocycles. The fourth-order valence-electron chi connectivity index (χ4n) is 1.20. The van der Waals surface area contributed by atoms with Gasteiger partial charge in [-0.05, 0) is 12.3 Å². The summed E-state index contributed by atoms with van der Waals surface area (Å²) in [7, 11) is 0. The SMILES string of the molecule is CCC/C=C/COC(=O)CC(S)C(C)CC. The molecule has 0 amide bonds. The topological polar surface area (TPSA) is 26.3 Å². The number of ether oxygens (including phenoxy) is 1. The van der Waals surface area contributed by atoms with Crippen LogP contribution in [0.15, 0.2) is 12.2 Å². The molecule has 0 aliphatic carbocycles. The van der Waals surface area contributed by atoms with Crippen molar-refractivity contribution >= 4 is 18.6 Å². The molecule has 0 saturated carbocycles. The van der Waals surface area contributed by atoms with Crippen LogP contribution < -0.4 is 0 Å². The molecule has 0 aromatic carbocycles. The van der Waals surface area contributed by atoms with Crippen molar-refractivity contribution in [1.82, 2.24) is 0 Å². The summed E-state index contributed by atoms with van der Waals surface area (Å²) in [6.07, 6.45) is 7.55. The highest BCUT2D eigenvalue weighted by atomic mass is 32.1. The second-order valence-electron chi connectivity index (χ2n) is 4.10. The molecule has 0 bridgehead atoms. The van der Waals surface area contributed by atoms with Crippen LogP contribution in [0.2, 0.25) is 0 Å². The third-order valence-electron chi connectivity index (χ3n) is 2.64. The van der Waals surface area contributed by atoms with E-state index in [1.165, 1.54) is 0 Å². The summed E-state index contributed by atoms with van der Waals surface area (Å²) < 4.78 is 5.08. The minimum absolute atomic E-state index is 0.108. The fourth-order valence-corrected chi connectivity index (χ4v) is 1.56. The lowest BCUT2D eigenvalue weighted by molar-refractivity contribution is -0.142. The smallest absolute Gasteiger partial charge is 0.307 e. The Bertz CT molecular complexity index is 214. The molecule has 3 heteroatoms. The molecule has 2 atom stereocenters. The average Bonchev–Trinajstić information content (AvgIpc) is 2.27. The van der Waals surface area contributed by atoms with Crippen molar-refractivity contribution in [3.63, 3.8) is 0 Å². The van der Waals surface area contributed by atoms with Crippen LogP contribution in [0.25, 0.3) is 0 Å². The van der Waals surface area contributed by atoms with E-state index in [9.17, 15) is 4.79 Å². The van der Waals surface area contributed by atoms with E-state index in [1.54, 1.807) is 0 Å². The van der Waals surface area contributed by atoms with Crippen LogP contribution in [-0.2, 0) is 9.53 Å². The maximum atomic E-state index is 11.4. The highest BCUT2D eigenvalue weighted by Gasteiger charge is 2.15. The van der Waals surface area contributed by atoms with Gasteiger partial charge in [0.05, 0.1) is 6.42 Å². The van der Waals surface area contributed by atoms with Gasteiger partial charge in [-0.2, -0.15) is 12.6 Å². The van der Waals surface area contributed by atoms with Gasteiger partial charge in [-0.1, -0.05) is 45.8 Å². The summed E-state index contributed by atoms with van der Waals surface area (Å²) in [5, 5.41) is 0.108. The summed E-state index contributed by atoms with van der Waals surface area (Å²) in [6.45, 7) is 6.71. The third-order valence-corrected chi connectivity index (χ3v) is 3.33. The second-order valence-corrected chi connectivity index (χ2v) is 4.76. The Labute approximate surface area is 105 Å². The van der Waals surface area contributed by atoms with Crippen molar-refractivity contribution in [3.05, 3.63) is 12.2 Å². The predicted molar refractivity (Wildman–Crippen MR) is 71.9 cm³/mol. The molecule has 0 aliphatic heterocycles. The van der Waals surface area contributed by atoms with Crippen LogP contribution >= 0.6 is 12.6 Å². The number of rotatable bonds is 8. The zero-order chi connectivity index (χ0) is 12.4. The monoisotopic (exact) mass is 244 g/mol. The minimum atomic E-state index is -0.151. The molecule has 2 unspecified atom stereocenters. The summed E-state index contributed by atoms with van der Waals surface area (Å²) in [5.74, 6) is 0.299. The maximum Gasteiger partial charge on any atom is 0.307 e. The minimum Gasteiger partial charge on any atom is -0.461 e. The van der Waals surface area contributed by atoms with E-state index < -0.39 is 0 Å². The number of hydrogen-bond acceptors (Lipinski definition) is 3. The lowest BCUT2D eigenvalue weighted by Crippen LogP contribution is -2.17. The van der Waals surface area contributed by atoms with E-state index in [4.69, 9.17) is 4.74 Å². The molecular formula is C13H24O2S. The van der Waals surface area contributed by atoms with E-state index >= 15 is 0 Å². The highest BCUT2D eigenvalue weighted by Crippen LogP contribution is 2.17. The number of allylic oxidation sites excluding steroid dienone is 1. The molecule has 0 N–H and O–H groups in total. The first-order valence-electron chi connectivity index (χ1n) is 6.10. The Morgan fingerprint density at radius 3 is 2.62 bits per heavy atom. The van der Waals surface area contributed by atoms with Crippen LogP contribution in [0.3, 0.4) is 0 Å². The van der Waals surface area contributed by atoms with E-state index in [1.807, 2.05) is 12.2 Å². The van der Waals surface area contributed by atoms with Gasteiger partial charge in [-0.3, -0.25) is 4.79 Å². The second kappa shape index (κ2) is 9.76. The van der Waals surface area contributed by atoms with Crippen molar-refractivity contribution in [2.45, 2.75) is 51.7 Å². The highest BCUT2D eigenvalue weighted by molar-refractivity contribution is 7.81. The number of thiol groups is 1. The quantitative estimate of drug-likeness (QED) is 0.401. The summed E-state index contributed by atoms with van der Waals surface area (Å²) in [6, 6.07) is 0. The van der Waals surface area contributed by atoms with Gasteiger partial charge >= 0.3 is 5.97 Å². The zero-order valence-corrected chi connectivity index (χ0v) is 11.5. The molecule has 0 radical (unpaired) electrons. The van der Waals surface area contributed by atoms with Gasteiger partial charge in [0.25, 0.3) is 0 Å². The first kappa shape index (κ1) is 15.6. The number of esters is 1. The largest absolute Gasteiger partial charge is 0.461 e. The Morgan fingerprint density at radius 1 is 1.38 bits per heavy atom. The molecule has 0 aliphatic rings. The van der Waals surface area contributed by atoms with E-state index in [0.29, 0.717) is 18.9 Å². The van der Waals surface area contributed by atoms with Gasteiger partial charge in [-0.25, -0.2) is 0 Å². The van der Waals surface area contributed by atoms with Gasteiger partial charge in [0.2, 0.25) is 0 Å². The Balaban J connectivity index is 3.66. The molecule has 2 nitrogen and oxygen atoms in total. The number of unbranched alkanes of at least 4 members (excludes halogenated alkanes) is 1. The third kappa shape index (κ3) is 7.80. The van der Waals surface area contributed by atoms with Gasteiger partial charge in [0, 0.05) is 5.25 Å². The lowest BCUT2D eigenvalue weighted by atomic mass is 10.0. The van der Waals surface area contributed by atoms with Crippen LogP contribution in [0, 0.1) is 5.92 Å². The van der Waals surface area contributed by atoms with E-state index in [0.717, 1.165) is 19.3 Å². The van der Waals surface area contributed by atoms with Crippen molar-refractivity contribution in [2.24, 2.45) is 5.92 Å². The first-order valence-corrected chi connectivity index (χ1v) is 6.62. The molecule has 0 saturated heterocycles. The van der Waals surface area contributed by atoms with E-state index in [2.05, 4.69) is 33.4 Å². The first-order chi connectivity index (χ1) is 7.61. The Kier molecular flexibility index (Phi) is 9.49. The van der Waals surface area contributed by atoms with Crippen molar-refractivity contribution in [1.29, 1.82) is 0 Å². The molecule has 0 aromatic rings. The van der Waals surface area contributed by atoms with Crippen LogP contribution in [0.4, 0.5) is 0 Å². The molecule has 94 valence electrons. The molecule has 0 fully saturated rings.